The molecule has 0 saturated carbocycles. The number of nitrogens with zero attached hydrogens (tertiary/aromatic N) is 1. The fourth-order valence-electron chi connectivity index (χ4n) is 3.89. The molecule has 2 aliphatic rings. The van der Waals surface area contributed by atoms with E-state index in [1.807, 2.05) is 42.5 Å². The minimum Gasteiger partial charge on any atom is -0.497 e. The molecule has 2 aliphatic heterocycles. The Morgan fingerprint density at radius 2 is 1.89 bits per heavy atom. The monoisotopic (exact) mass is 490 g/mol. The molecule has 2 heterocycles. The summed E-state index contributed by atoms with van der Waals surface area (Å²) < 4.78 is 10.7. The van der Waals surface area contributed by atoms with Crippen molar-refractivity contribution >= 4 is 29.5 Å². The smallest absolute Gasteiger partial charge is 0.355 e. The van der Waals surface area contributed by atoms with Crippen molar-refractivity contribution in [3.8, 4) is 5.75 Å². The first kappa shape index (κ1) is 24.3. The summed E-state index contributed by atoms with van der Waals surface area (Å²) in [7, 11) is 1.58. The van der Waals surface area contributed by atoms with Crippen molar-refractivity contribution in [1.29, 1.82) is 0 Å². The SMILES string of the molecule is C=C/C=C/C1=C(C(=O)OCc2ccc(OC)cc2)N2C(=O)[C@@H](NC(=O)Cc3ccccc3)[C@@H]2SC1. The molecule has 0 unspecified atom stereocenters. The largest absolute Gasteiger partial charge is 0.497 e. The van der Waals surface area contributed by atoms with Crippen LogP contribution in [0, 0.1) is 0 Å². The number of hydrogen-bond acceptors (Lipinski definition) is 6. The van der Waals surface area contributed by atoms with E-state index in [0.29, 0.717) is 17.1 Å². The van der Waals surface area contributed by atoms with Crippen molar-refractivity contribution in [2.24, 2.45) is 0 Å². The second-order valence-electron chi connectivity index (χ2n) is 8.01. The van der Waals surface area contributed by atoms with Gasteiger partial charge in [0.2, 0.25) is 5.91 Å². The van der Waals surface area contributed by atoms with Gasteiger partial charge in [-0.15, -0.1) is 11.8 Å². The van der Waals surface area contributed by atoms with E-state index in [0.717, 1.165) is 11.1 Å². The van der Waals surface area contributed by atoms with E-state index < -0.39 is 12.0 Å². The molecule has 2 aromatic carbocycles. The third-order valence-corrected chi connectivity index (χ3v) is 6.98. The predicted octanol–water partition coefficient (Wildman–Crippen LogP) is 3.38. The Balaban J connectivity index is 1.46. The molecule has 7 nitrogen and oxygen atoms in total. The summed E-state index contributed by atoms with van der Waals surface area (Å²) in [5.41, 5.74) is 2.54. The Kier molecular flexibility index (Phi) is 7.72. The summed E-state index contributed by atoms with van der Waals surface area (Å²) in [6.07, 6.45) is 5.27. The van der Waals surface area contributed by atoms with Gasteiger partial charge in [-0.25, -0.2) is 4.79 Å². The standard InChI is InChI=1S/C27H26N2O5S/c1-3-4-10-20-17-35-26-23(28-22(30)15-18-8-6-5-7-9-18)25(31)29(26)24(20)27(32)34-16-19-11-13-21(33-2)14-12-19/h3-14,23,26H,1,15-17H2,2H3,(H,28,30)/b10-4+/t23-,26+/m1/s1. The topological polar surface area (TPSA) is 84.9 Å². The van der Waals surface area contributed by atoms with Gasteiger partial charge in [0.25, 0.3) is 5.91 Å². The molecule has 35 heavy (non-hydrogen) atoms. The van der Waals surface area contributed by atoms with E-state index in [4.69, 9.17) is 9.47 Å². The van der Waals surface area contributed by atoms with Crippen molar-refractivity contribution in [3.05, 3.63) is 102 Å². The lowest BCUT2D eigenvalue weighted by atomic mass is 10.0. The Bertz CT molecular complexity index is 1170. The number of hydrogen-bond donors (Lipinski definition) is 1. The van der Waals surface area contributed by atoms with E-state index in [1.54, 1.807) is 37.5 Å². The Labute approximate surface area is 208 Å². The first-order chi connectivity index (χ1) is 17.0. The average Bonchev–Trinajstić information content (AvgIpc) is 2.89. The van der Waals surface area contributed by atoms with Crippen molar-refractivity contribution in [1.82, 2.24) is 10.2 Å². The number of fused-ring (bicyclic) bond motifs is 1. The van der Waals surface area contributed by atoms with Gasteiger partial charge >= 0.3 is 5.97 Å². The Morgan fingerprint density at radius 1 is 1.14 bits per heavy atom. The first-order valence-electron chi connectivity index (χ1n) is 11.1. The van der Waals surface area contributed by atoms with Crippen molar-refractivity contribution in [2.75, 3.05) is 12.9 Å². The first-order valence-corrected chi connectivity index (χ1v) is 12.2. The molecule has 1 fully saturated rings. The minimum atomic E-state index is -0.689. The highest BCUT2D eigenvalue weighted by Crippen LogP contribution is 2.41. The third-order valence-electron chi connectivity index (χ3n) is 5.68. The van der Waals surface area contributed by atoms with Crippen molar-refractivity contribution in [2.45, 2.75) is 24.4 Å². The highest BCUT2D eigenvalue weighted by Gasteiger charge is 2.54. The van der Waals surface area contributed by atoms with Gasteiger partial charge in [0.15, 0.2) is 0 Å². The maximum Gasteiger partial charge on any atom is 0.355 e. The highest BCUT2D eigenvalue weighted by molar-refractivity contribution is 8.00. The van der Waals surface area contributed by atoms with Crippen LogP contribution in [0.4, 0.5) is 0 Å². The van der Waals surface area contributed by atoms with Gasteiger partial charge in [-0.2, -0.15) is 0 Å². The number of esters is 1. The molecule has 2 atom stereocenters. The summed E-state index contributed by atoms with van der Waals surface area (Å²) in [6, 6.07) is 15.8. The molecule has 1 N–H and O–H groups in total. The van der Waals surface area contributed by atoms with Crippen LogP contribution in [-0.4, -0.2) is 47.0 Å². The lowest BCUT2D eigenvalue weighted by Crippen LogP contribution is -2.70. The molecule has 1 saturated heterocycles. The number of benzene rings is 2. The second-order valence-corrected chi connectivity index (χ2v) is 9.12. The molecule has 180 valence electrons. The van der Waals surface area contributed by atoms with Crippen molar-refractivity contribution in [3.63, 3.8) is 0 Å². The molecule has 2 amide bonds. The number of rotatable bonds is 9. The Hall–Kier alpha value is -3.78. The number of thioether (sulfide) groups is 1. The summed E-state index contributed by atoms with van der Waals surface area (Å²) in [6.45, 7) is 3.73. The molecule has 4 rings (SSSR count). The molecular weight excluding hydrogens is 464 g/mol. The summed E-state index contributed by atoms with van der Waals surface area (Å²) in [5, 5.41) is 2.46. The molecule has 0 bridgehead atoms. The van der Waals surface area contributed by atoms with Crippen LogP contribution in [-0.2, 0) is 32.1 Å². The number of nitrogens with one attached hydrogen (secondary N) is 1. The minimum absolute atomic E-state index is 0.0574. The van der Waals surface area contributed by atoms with Gasteiger partial charge in [-0.3, -0.25) is 14.5 Å². The number of allylic oxidation sites excluding steroid dienone is 3. The number of carbonyl (C=O) groups excluding carboxylic acids is 3. The molecule has 0 spiro atoms. The average molecular weight is 491 g/mol. The van der Waals surface area contributed by atoms with Gasteiger partial charge < -0.3 is 14.8 Å². The maximum absolute atomic E-state index is 13.1. The van der Waals surface area contributed by atoms with E-state index in [9.17, 15) is 14.4 Å². The van der Waals surface area contributed by atoms with Crippen LogP contribution in [0.25, 0.3) is 0 Å². The number of β-lactam (4-membered cyclic amide) rings is 1. The van der Waals surface area contributed by atoms with Gasteiger partial charge in [-0.05, 0) is 28.8 Å². The van der Waals surface area contributed by atoms with Crippen LogP contribution >= 0.6 is 11.8 Å². The number of amides is 2. The maximum atomic E-state index is 13.1. The van der Waals surface area contributed by atoms with Crippen LogP contribution in [0.1, 0.15) is 11.1 Å². The van der Waals surface area contributed by atoms with Gasteiger partial charge in [0, 0.05) is 5.75 Å². The fraction of sp³-hybridized carbons (Fsp3) is 0.222. The van der Waals surface area contributed by atoms with Gasteiger partial charge in [-0.1, -0.05) is 67.3 Å². The normalized spacial score (nSPS) is 19.1. The molecule has 8 heteroatoms. The van der Waals surface area contributed by atoms with Crippen LogP contribution in [0.15, 0.2) is 90.7 Å². The lowest BCUT2D eigenvalue weighted by Gasteiger charge is -2.49. The number of ether oxygens (including phenoxy) is 2. The fourth-order valence-corrected chi connectivity index (χ4v) is 5.21. The summed E-state index contributed by atoms with van der Waals surface area (Å²) in [5.74, 6) is 0.0522. The van der Waals surface area contributed by atoms with Gasteiger partial charge in [0.1, 0.15) is 29.5 Å². The molecule has 2 aromatic rings. The Morgan fingerprint density at radius 3 is 2.57 bits per heavy atom. The highest BCUT2D eigenvalue weighted by atomic mass is 32.2. The quantitative estimate of drug-likeness (QED) is 0.330. The number of carbonyl (C=O) groups is 3. The van der Waals surface area contributed by atoms with Crippen LogP contribution in [0.2, 0.25) is 0 Å². The second kappa shape index (κ2) is 11.1. The van der Waals surface area contributed by atoms with Crippen LogP contribution in [0.3, 0.4) is 0 Å². The molecule has 0 radical (unpaired) electrons. The summed E-state index contributed by atoms with van der Waals surface area (Å²) in [4.78, 5) is 40.1. The zero-order valence-electron chi connectivity index (χ0n) is 19.3. The third kappa shape index (κ3) is 5.49. The summed E-state index contributed by atoms with van der Waals surface area (Å²) >= 11 is 1.50. The van der Waals surface area contributed by atoms with Crippen LogP contribution < -0.4 is 10.1 Å². The van der Waals surface area contributed by atoms with Crippen LogP contribution in [0.5, 0.6) is 5.75 Å². The zero-order valence-corrected chi connectivity index (χ0v) is 20.1. The van der Waals surface area contributed by atoms with E-state index in [2.05, 4.69) is 11.9 Å². The van der Waals surface area contributed by atoms with E-state index >= 15 is 0 Å². The van der Waals surface area contributed by atoms with E-state index in [1.165, 1.54) is 16.7 Å². The lowest BCUT2D eigenvalue weighted by molar-refractivity contribution is -0.153. The zero-order chi connectivity index (χ0) is 24.8. The van der Waals surface area contributed by atoms with Crippen molar-refractivity contribution < 1.29 is 23.9 Å². The molecule has 0 aliphatic carbocycles. The van der Waals surface area contributed by atoms with Gasteiger partial charge in [0.05, 0.1) is 13.5 Å². The predicted molar refractivity (Wildman–Crippen MR) is 134 cm³/mol. The number of methoxy groups -OCH3 is 1. The molecule has 0 aromatic heterocycles. The van der Waals surface area contributed by atoms with E-state index in [-0.39, 0.29) is 35.9 Å². The molecular formula is C27H26N2O5S.